The summed E-state index contributed by atoms with van der Waals surface area (Å²) >= 11 is 25.0. The van der Waals surface area contributed by atoms with Crippen LogP contribution in [0.1, 0.15) is 66.6 Å². The van der Waals surface area contributed by atoms with E-state index >= 15 is 0 Å². The van der Waals surface area contributed by atoms with Gasteiger partial charge in [-0.1, -0.05) is 46.4 Å². The molecule has 22 nitrogen and oxygen atoms in total. The van der Waals surface area contributed by atoms with E-state index in [9.17, 15) is 14.4 Å². The third-order valence-corrected chi connectivity index (χ3v) is 11.9. The first-order chi connectivity index (χ1) is 34.2. The largest absolute Gasteiger partial charge is 0.444 e. The third-order valence-electron chi connectivity index (χ3n) is 10.9. The summed E-state index contributed by atoms with van der Waals surface area (Å²) in [6, 6.07) is 6.67. The number of morpholine rings is 2. The van der Waals surface area contributed by atoms with Crippen LogP contribution >= 0.6 is 46.4 Å². The molecule has 0 saturated carbocycles. The van der Waals surface area contributed by atoms with Gasteiger partial charge in [0, 0.05) is 93.4 Å². The van der Waals surface area contributed by atoms with Gasteiger partial charge in [-0.25, -0.2) is 33.8 Å². The van der Waals surface area contributed by atoms with Crippen molar-refractivity contribution < 1.29 is 28.6 Å². The molecule has 2 saturated heterocycles. The number of ketones is 2. The fraction of sp³-hybridized carbons (Fsp3) is 0.356. The monoisotopic (exact) mass is 1040 g/mol. The minimum atomic E-state index is -0.632. The minimum absolute atomic E-state index is 0.0164. The Bertz CT molecular complexity index is 3210. The summed E-state index contributed by atoms with van der Waals surface area (Å²) in [5.74, 6) is 0.659. The van der Waals surface area contributed by atoms with Gasteiger partial charge >= 0.3 is 6.09 Å². The number of fused-ring (bicyclic) bond motifs is 2. The van der Waals surface area contributed by atoms with Gasteiger partial charge in [0.05, 0.1) is 66.0 Å². The Morgan fingerprint density at radius 3 is 1.62 bits per heavy atom. The van der Waals surface area contributed by atoms with E-state index in [1.807, 2.05) is 20.8 Å². The summed E-state index contributed by atoms with van der Waals surface area (Å²) < 4.78 is 20.8. The van der Waals surface area contributed by atoms with Gasteiger partial charge in [-0.2, -0.15) is 30.6 Å². The maximum Gasteiger partial charge on any atom is 0.410 e. The second-order valence-electron chi connectivity index (χ2n) is 17.4. The van der Waals surface area contributed by atoms with Crippen LogP contribution in [0.15, 0.2) is 73.8 Å². The van der Waals surface area contributed by atoms with E-state index in [1.165, 1.54) is 34.4 Å². The lowest BCUT2D eigenvalue weighted by Crippen LogP contribution is -2.45. The molecule has 71 heavy (non-hydrogen) atoms. The molecule has 0 spiro atoms. The number of nitrogens with one attached hydrogen (secondary N) is 1. The maximum atomic E-state index is 13.2. The van der Waals surface area contributed by atoms with Gasteiger partial charge in [-0.3, -0.25) is 9.59 Å². The van der Waals surface area contributed by atoms with Crippen LogP contribution in [0.25, 0.3) is 22.9 Å². The van der Waals surface area contributed by atoms with Crippen molar-refractivity contribution in [2.24, 2.45) is 0 Å². The molecule has 0 bridgehead atoms. The highest BCUT2D eigenvalue weighted by atomic mass is 35.5. The van der Waals surface area contributed by atoms with E-state index < -0.39 is 17.8 Å². The van der Waals surface area contributed by atoms with E-state index in [0.29, 0.717) is 80.2 Å². The van der Waals surface area contributed by atoms with Crippen LogP contribution in [0.4, 0.5) is 4.79 Å². The topological polar surface area (TPSA) is 242 Å². The van der Waals surface area contributed by atoms with Gasteiger partial charge < -0.3 is 24.4 Å². The summed E-state index contributed by atoms with van der Waals surface area (Å²) in [6.45, 7) is 8.29. The Morgan fingerprint density at radius 2 is 1.15 bits per heavy atom. The van der Waals surface area contributed by atoms with Crippen LogP contribution in [0.5, 0.6) is 0 Å². The quantitative estimate of drug-likeness (QED) is 0.154. The van der Waals surface area contributed by atoms with E-state index in [1.54, 1.807) is 63.0 Å². The van der Waals surface area contributed by atoms with Crippen molar-refractivity contribution in [3.05, 3.63) is 128 Å². The van der Waals surface area contributed by atoms with Crippen molar-refractivity contribution in [1.82, 2.24) is 79.4 Å². The maximum absolute atomic E-state index is 13.2. The Balaban J connectivity index is 0.000000179. The lowest BCUT2D eigenvalue weighted by molar-refractivity contribution is -0.118. The molecule has 2 aliphatic heterocycles. The molecule has 2 aliphatic rings. The zero-order valence-corrected chi connectivity index (χ0v) is 41.3. The minimum Gasteiger partial charge on any atom is -0.444 e. The molecule has 2 unspecified atom stereocenters. The van der Waals surface area contributed by atoms with Crippen LogP contribution in [0, 0.1) is 0 Å². The molecule has 10 rings (SSSR count). The molecule has 2 atom stereocenters. The standard InChI is InChI=1S/C25H26Cl2N8O4.C20H18Cl2N8O2/c1-25(2,3)39-24(37)33-6-7-38-19(14-33)22-16(13-28-21-11-20(27)32-34(21)22)10-17(36)8-15-9-18(26)23(29-12-15)35-30-4-5-31-35;21-15-6-12(9-25-20(15)30-26-1-2-27-30)5-14(31)7-13-10-24-18-8-17(22)28-29(18)19(13)16-11-23-3-4-32-16/h4-5,9,11-13,19H,6-8,10,14H2,1-3H3;1-2,6,8-10,16,23H,3-5,7,11H2. The van der Waals surface area contributed by atoms with Crippen molar-refractivity contribution in [2.75, 3.05) is 39.4 Å². The summed E-state index contributed by atoms with van der Waals surface area (Å²) in [5.41, 5.74) is 4.55. The fourth-order valence-corrected chi connectivity index (χ4v) is 8.88. The zero-order valence-electron chi connectivity index (χ0n) is 38.3. The van der Waals surface area contributed by atoms with Crippen LogP contribution in [-0.4, -0.2) is 137 Å². The Hall–Kier alpha value is -6.53. The Labute approximate surface area is 424 Å². The van der Waals surface area contributed by atoms with Crippen molar-refractivity contribution in [2.45, 2.75) is 64.3 Å². The van der Waals surface area contributed by atoms with Crippen molar-refractivity contribution in [3.8, 4) is 11.6 Å². The average Bonchev–Trinajstić information content (AvgIpc) is 4.18. The number of amides is 1. The lowest BCUT2D eigenvalue weighted by atomic mass is 10.0. The molecule has 1 N–H and O–H groups in total. The molecule has 368 valence electrons. The highest BCUT2D eigenvalue weighted by Gasteiger charge is 2.33. The first-order valence-electron chi connectivity index (χ1n) is 22.2. The fourth-order valence-electron chi connectivity index (χ4n) is 8.01. The molecule has 0 aliphatic carbocycles. The van der Waals surface area contributed by atoms with E-state index in [-0.39, 0.29) is 61.7 Å². The number of rotatable bonds is 12. The number of hydrogen-bond acceptors (Lipinski definition) is 17. The third kappa shape index (κ3) is 11.8. The molecule has 0 radical (unpaired) electrons. The van der Waals surface area contributed by atoms with E-state index in [0.717, 1.165) is 17.8 Å². The first-order valence-corrected chi connectivity index (χ1v) is 23.7. The highest BCUT2D eigenvalue weighted by Crippen LogP contribution is 2.30. The van der Waals surface area contributed by atoms with Gasteiger partial charge in [0.1, 0.15) is 29.4 Å². The number of pyridine rings is 2. The zero-order chi connectivity index (χ0) is 49.8. The normalized spacial score (nSPS) is 16.2. The molecule has 0 aromatic carbocycles. The van der Waals surface area contributed by atoms with Gasteiger partial charge in [0.25, 0.3) is 0 Å². The Kier molecular flexibility index (Phi) is 14.9. The van der Waals surface area contributed by atoms with Gasteiger partial charge in [0.2, 0.25) is 0 Å². The summed E-state index contributed by atoms with van der Waals surface area (Å²) in [5, 5.41) is 29.4. The number of hydrogen-bond donors (Lipinski definition) is 1. The van der Waals surface area contributed by atoms with Gasteiger partial charge in [-0.05, 0) is 44.0 Å². The molecule has 1 amide bonds. The molecular formula is C45H44Cl4N16O6. The summed E-state index contributed by atoms with van der Waals surface area (Å²) in [7, 11) is 0. The number of Topliss-reactive ketones (excluding diaryl/α,β-unsaturated/α-hetero) is 2. The molecule has 8 aromatic heterocycles. The number of carbonyl (C=O) groups is 3. The van der Waals surface area contributed by atoms with Crippen LogP contribution in [0.3, 0.4) is 0 Å². The Morgan fingerprint density at radius 1 is 0.662 bits per heavy atom. The van der Waals surface area contributed by atoms with Crippen molar-refractivity contribution in [3.63, 3.8) is 0 Å². The number of nitrogens with zero attached hydrogens (tertiary/aromatic N) is 15. The predicted molar refractivity (Wildman–Crippen MR) is 257 cm³/mol. The molecule has 8 aromatic rings. The summed E-state index contributed by atoms with van der Waals surface area (Å²) in [6.07, 6.45) is 11.8. The molecule has 26 heteroatoms. The van der Waals surface area contributed by atoms with Crippen LogP contribution in [0.2, 0.25) is 20.4 Å². The van der Waals surface area contributed by atoms with E-state index in [4.69, 9.17) is 60.6 Å². The van der Waals surface area contributed by atoms with E-state index in [2.05, 4.69) is 55.8 Å². The van der Waals surface area contributed by atoms with Gasteiger partial charge in [-0.15, -0.1) is 9.59 Å². The second kappa shape index (κ2) is 21.4. The number of ether oxygens (including phenoxy) is 3. The summed E-state index contributed by atoms with van der Waals surface area (Å²) in [4.78, 5) is 60.6. The number of aromatic nitrogens is 14. The van der Waals surface area contributed by atoms with Crippen molar-refractivity contribution >= 4 is 75.4 Å². The molecular weight excluding hydrogens is 1000 g/mol. The SMILES string of the molecule is CC(C)(C)OC(=O)N1CCOC(c2c(CC(=O)Cc3cnc(-n4nccn4)c(Cl)c3)cnc3cc(Cl)nn23)C1.O=C(Cc1cnc(-n2nccn2)c(Cl)c1)Cc1cnc2cc(Cl)nn2c1C1CNCCO1. The number of carbonyl (C=O) groups excluding carboxylic acids is 3. The molecule has 2 fully saturated rings. The average molecular weight is 1050 g/mol. The molecule has 10 heterocycles. The second-order valence-corrected chi connectivity index (χ2v) is 19.0. The highest BCUT2D eigenvalue weighted by molar-refractivity contribution is 6.32. The van der Waals surface area contributed by atoms with Crippen LogP contribution < -0.4 is 5.32 Å². The first kappa shape index (κ1) is 49.5. The lowest BCUT2D eigenvalue weighted by Gasteiger charge is -2.34. The predicted octanol–water partition coefficient (Wildman–Crippen LogP) is 5.70. The van der Waals surface area contributed by atoms with Crippen LogP contribution in [-0.2, 0) is 49.5 Å². The van der Waals surface area contributed by atoms with Crippen molar-refractivity contribution in [1.29, 1.82) is 0 Å². The number of halogens is 4. The van der Waals surface area contributed by atoms with Gasteiger partial charge in [0.15, 0.2) is 33.2 Å². The smallest absolute Gasteiger partial charge is 0.410 e.